The van der Waals surface area contributed by atoms with Gasteiger partial charge in [-0.05, 0) is 102 Å². The third kappa shape index (κ3) is 11.3. The summed E-state index contributed by atoms with van der Waals surface area (Å²) in [7, 11) is 0. The highest BCUT2D eigenvalue weighted by atomic mass is 35.5. The molecule has 0 atom stereocenters. The number of carbonyl (C=O) groups excluding carboxylic acids is 1. The van der Waals surface area contributed by atoms with Gasteiger partial charge in [0.1, 0.15) is 30.5 Å². The van der Waals surface area contributed by atoms with Crippen molar-refractivity contribution >= 4 is 30.5 Å². The second kappa shape index (κ2) is 19.1. The second-order valence-electron chi connectivity index (χ2n) is 12.7. The molecule has 8 nitrogen and oxygen atoms in total. The number of rotatable bonds is 13. The number of carbonyl (C=O) groups is 1. The Bertz CT molecular complexity index is 2010. The van der Waals surface area contributed by atoms with Crippen LogP contribution in [-0.2, 0) is 17.9 Å². The Balaban J connectivity index is 0.00000541. The Morgan fingerprint density at radius 1 is 0.792 bits per heavy atom. The summed E-state index contributed by atoms with van der Waals surface area (Å²) in [6.07, 6.45) is 9.27. The van der Waals surface area contributed by atoms with Crippen molar-refractivity contribution in [2.75, 3.05) is 32.8 Å². The van der Waals surface area contributed by atoms with Crippen LogP contribution in [0.2, 0.25) is 0 Å². The molecule has 1 aromatic heterocycles. The topological polar surface area (TPSA) is 87.9 Å². The fourth-order valence-corrected chi connectivity index (χ4v) is 5.94. The van der Waals surface area contributed by atoms with Crippen molar-refractivity contribution in [2.24, 2.45) is 0 Å². The van der Waals surface area contributed by atoms with Crippen LogP contribution >= 0.6 is 12.4 Å². The lowest BCUT2D eigenvalue weighted by molar-refractivity contribution is -0.127. The van der Waals surface area contributed by atoms with Crippen molar-refractivity contribution in [1.29, 1.82) is 5.26 Å². The van der Waals surface area contributed by atoms with E-state index in [1.165, 1.54) is 5.56 Å². The lowest BCUT2D eigenvalue weighted by atomic mass is 10.1. The van der Waals surface area contributed by atoms with E-state index in [-0.39, 0.29) is 18.3 Å². The van der Waals surface area contributed by atoms with Crippen LogP contribution in [0.5, 0.6) is 23.1 Å². The fraction of sp³-hybridized carbons (Fsp3) is 0.205. The van der Waals surface area contributed by atoms with Gasteiger partial charge in [0.25, 0.3) is 0 Å². The fourth-order valence-electron chi connectivity index (χ4n) is 5.94. The summed E-state index contributed by atoms with van der Waals surface area (Å²) in [5.74, 6) is 2.71. The summed E-state index contributed by atoms with van der Waals surface area (Å²) in [5, 5.41) is 8.96. The van der Waals surface area contributed by atoms with Crippen LogP contribution in [-0.4, -0.2) is 53.5 Å². The number of nitriles is 1. The molecule has 1 fully saturated rings. The summed E-state index contributed by atoms with van der Waals surface area (Å²) >= 11 is 0. The smallest absolute Gasteiger partial charge is 0.246 e. The van der Waals surface area contributed by atoms with Crippen LogP contribution in [0, 0.1) is 25.2 Å². The third-order valence-electron chi connectivity index (χ3n) is 8.77. The Morgan fingerprint density at radius 3 is 2.15 bits per heavy atom. The summed E-state index contributed by atoms with van der Waals surface area (Å²) in [4.78, 5) is 21.8. The van der Waals surface area contributed by atoms with E-state index in [0.717, 1.165) is 59.0 Å². The van der Waals surface area contributed by atoms with Crippen molar-refractivity contribution in [3.63, 3.8) is 0 Å². The number of ether oxygens (including phenoxy) is 3. The van der Waals surface area contributed by atoms with Gasteiger partial charge in [0.05, 0.1) is 17.8 Å². The predicted molar refractivity (Wildman–Crippen MR) is 211 cm³/mol. The Hall–Kier alpha value is -5.88. The molecule has 5 aromatic rings. The maximum Gasteiger partial charge on any atom is 0.246 e. The van der Waals surface area contributed by atoms with Gasteiger partial charge in [0, 0.05) is 44.9 Å². The number of benzene rings is 4. The molecule has 0 unspecified atom stereocenters. The molecule has 53 heavy (non-hydrogen) atoms. The molecule has 0 spiro atoms. The van der Waals surface area contributed by atoms with Gasteiger partial charge in [-0.25, -0.2) is 4.98 Å². The highest BCUT2D eigenvalue weighted by molar-refractivity contribution is 5.92. The zero-order valence-electron chi connectivity index (χ0n) is 30.0. The normalized spacial score (nSPS) is 13.0. The Kier molecular flexibility index (Phi) is 13.8. The van der Waals surface area contributed by atoms with E-state index < -0.39 is 0 Å². The summed E-state index contributed by atoms with van der Waals surface area (Å²) < 4.78 is 17.7. The number of halogens is 1. The highest BCUT2D eigenvalue weighted by Gasteiger charge is 2.20. The first kappa shape index (κ1) is 38.4. The predicted octanol–water partition coefficient (Wildman–Crippen LogP) is 8.81. The van der Waals surface area contributed by atoms with Crippen molar-refractivity contribution in [3.8, 4) is 29.2 Å². The van der Waals surface area contributed by atoms with Crippen LogP contribution in [0.25, 0.3) is 12.2 Å². The minimum Gasteiger partial charge on any atom is -0.490 e. The minimum atomic E-state index is 0. The Labute approximate surface area is 318 Å². The van der Waals surface area contributed by atoms with Crippen molar-refractivity contribution in [3.05, 3.63) is 160 Å². The molecular formula is C44H43ClN4O4. The second-order valence-corrected chi connectivity index (χ2v) is 12.7. The first-order chi connectivity index (χ1) is 25.4. The van der Waals surface area contributed by atoms with Gasteiger partial charge in [-0.15, -0.1) is 12.4 Å². The minimum absolute atomic E-state index is 0. The molecule has 1 aliphatic heterocycles. The van der Waals surface area contributed by atoms with E-state index in [1.807, 2.05) is 91.6 Å². The van der Waals surface area contributed by atoms with E-state index in [2.05, 4.69) is 46.3 Å². The first-order valence-electron chi connectivity index (χ1n) is 17.4. The molecule has 6 rings (SSSR count). The number of piperazine rings is 1. The van der Waals surface area contributed by atoms with E-state index in [1.54, 1.807) is 30.5 Å². The lowest BCUT2D eigenvalue weighted by Crippen LogP contribution is -2.47. The number of pyridine rings is 1. The first-order valence-corrected chi connectivity index (χ1v) is 17.4. The number of aryl methyl sites for hydroxylation is 2. The van der Waals surface area contributed by atoms with Gasteiger partial charge in [-0.3, -0.25) is 9.69 Å². The molecule has 0 N–H and O–H groups in total. The summed E-state index contributed by atoms with van der Waals surface area (Å²) in [6.45, 7) is 8.80. The number of hydrogen-bond acceptors (Lipinski definition) is 7. The molecule has 0 bridgehead atoms. The standard InChI is InChI=1S/C44H42N4O4.ClH/c1-33-27-39(28-34(2)44(33)52-42-20-19-41(30-46-42)51-32-38-16-12-36(29-45)13-17-38)18-21-43(49)48-24-22-47(23-25-48)31-37-14-10-35(11-15-37)7-6-26-50-40-8-4-3-5-9-40;/h3-21,27-28,30H,22-26,31-32H2,1-2H3;1H. The molecule has 9 heteroatoms. The SMILES string of the molecule is Cc1cc(C=CC(=O)N2CCN(Cc3ccc(C=CCOc4ccccc4)cc3)CC2)cc(C)c1Oc1ccc(OCc2ccc(C#N)cc2)cn1.Cl. The van der Waals surface area contributed by atoms with Crippen LogP contribution in [0.1, 0.15) is 38.9 Å². The van der Waals surface area contributed by atoms with Crippen LogP contribution < -0.4 is 14.2 Å². The van der Waals surface area contributed by atoms with Gasteiger partial charge in [0.2, 0.25) is 11.8 Å². The maximum absolute atomic E-state index is 13.1. The molecule has 0 saturated carbocycles. The number of hydrogen-bond donors (Lipinski definition) is 0. The third-order valence-corrected chi connectivity index (χ3v) is 8.77. The van der Waals surface area contributed by atoms with Crippen LogP contribution in [0.3, 0.4) is 0 Å². The summed E-state index contributed by atoms with van der Waals surface area (Å²) in [6, 6.07) is 35.4. The molecule has 4 aromatic carbocycles. The van der Waals surface area contributed by atoms with Gasteiger partial charge in [-0.1, -0.05) is 60.7 Å². The average Bonchev–Trinajstić information content (AvgIpc) is 3.18. The lowest BCUT2D eigenvalue weighted by Gasteiger charge is -2.34. The zero-order chi connectivity index (χ0) is 36.1. The van der Waals surface area contributed by atoms with Crippen LogP contribution in [0.15, 0.2) is 121 Å². The van der Waals surface area contributed by atoms with Gasteiger partial charge in [0.15, 0.2) is 0 Å². The van der Waals surface area contributed by atoms with Gasteiger partial charge in [-0.2, -0.15) is 5.26 Å². The molecule has 1 saturated heterocycles. The number of amides is 1. The monoisotopic (exact) mass is 726 g/mol. The molecule has 1 aliphatic rings. The van der Waals surface area contributed by atoms with Crippen molar-refractivity contribution in [1.82, 2.24) is 14.8 Å². The largest absolute Gasteiger partial charge is 0.490 e. The quantitative estimate of drug-likeness (QED) is 0.112. The van der Waals surface area contributed by atoms with Crippen LogP contribution in [0.4, 0.5) is 0 Å². The van der Waals surface area contributed by atoms with E-state index in [0.29, 0.717) is 43.5 Å². The highest BCUT2D eigenvalue weighted by Crippen LogP contribution is 2.30. The van der Waals surface area contributed by atoms with E-state index >= 15 is 0 Å². The summed E-state index contributed by atoms with van der Waals surface area (Å²) in [5.41, 5.74) is 6.82. The number of aromatic nitrogens is 1. The van der Waals surface area contributed by atoms with Crippen molar-refractivity contribution < 1.29 is 19.0 Å². The number of nitrogens with zero attached hydrogens (tertiary/aromatic N) is 4. The van der Waals surface area contributed by atoms with E-state index in [9.17, 15) is 4.79 Å². The Morgan fingerprint density at radius 2 is 1.49 bits per heavy atom. The van der Waals surface area contributed by atoms with E-state index in [4.69, 9.17) is 19.5 Å². The van der Waals surface area contributed by atoms with Crippen molar-refractivity contribution in [2.45, 2.75) is 27.0 Å². The molecule has 2 heterocycles. The molecule has 270 valence electrons. The molecular weight excluding hydrogens is 684 g/mol. The molecule has 0 aliphatic carbocycles. The molecule has 1 amide bonds. The maximum atomic E-state index is 13.1. The van der Waals surface area contributed by atoms with Gasteiger partial charge < -0.3 is 19.1 Å². The zero-order valence-corrected chi connectivity index (χ0v) is 30.8. The molecule has 0 radical (unpaired) electrons. The number of para-hydroxylation sites is 1. The van der Waals surface area contributed by atoms with Gasteiger partial charge >= 0.3 is 0 Å². The average molecular weight is 727 g/mol.